The lowest BCUT2D eigenvalue weighted by atomic mass is 9.90. The summed E-state index contributed by atoms with van der Waals surface area (Å²) in [5.74, 6) is 0.254. The lowest BCUT2D eigenvalue weighted by Crippen LogP contribution is -2.32. The highest BCUT2D eigenvalue weighted by Crippen LogP contribution is 2.36. The molecule has 92 valence electrons. The maximum Gasteiger partial charge on any atom is 0.253 e. The van der Waals surface area contributed by atoms with Gasteiger partial charge in [-0.1, -0.05) is 19.9 Å². The van der Waals surface area contributed by atoms with Crippen LogP contribution in [0, 0.1) is 5.92 Å². The first kappa shape index (κ1) is 11.9. The number of anilines is 2. The van der Waals surface area contributed by atoms with Crippen LogP contribution in [0.15, 0.2) is 24.3 Å². The van der Waals surface area contributed by atoms with Crippen LogP contribution in [0.5, 0.6) is 0 Å². The van der Waals surface area contributed by atoms with Gasteiger partial charge in [-0.3, -0.25) is 9.63 Å². The number of rotatable bonds is 2. The number of nitrogen functional groups attached to an aromatic ring is 1. The molecule has 1 unspecified atom stereocenters. The fourth-order valence-corrected chi connectivity index (χ4v) is 1.82. The molecule has 2 rings (SSSR count). The lowest BCUT2D eigenvalue weighted by molar-refractivity contribution is -0.119. The summed E-state index contributed by atoms with van der Waals surface area (Å²) in [6.07, 6.45) is 0.402. The number of amides is 1. The molecule has 1 amide bonds. The molecule has 0 spiro atoms. The van der Waals surface area contributed by atoms with Gasteiger partial charge in [0.15, 0.2) is 0 Å². The SMILES string of the molecule is CC(C)C1(C)CC(=O)N(c2cccc(N)c2)O1. The van der Waals surface area contributed by atoms with Gasteiger partial charge < -0.3 is 5.73 Å². The Morgan fingerprint density at radius 3 is 2.71 bits per heavy atom. The molecule has 1 fully saturated rings. The second kappa shape index (κ2) is 4.04. The highest BCUT2D eigenvalue weighted by atomic mass is 16.7. The molecule has 0 aliphatic carbocycles. The maximum absolute atomic E-state index is 12.0. The van der Waals surface area contributed by atoms with E-state index in [4.69, 9.17) is 10.6 Å². The van der Waals surface area contributed by atoms with Gasteiger partial charge in [0.1, 0.15) is 5.60 Å². The summed E-state index contributed by atoms with van der Waals surface area (Å²) in [6, 6.07) is 7.16. The Morgan fingerprint density at radius 2 is 2.18 bits per heavy atom. The Labute approximate surface area is 101 Å². The minimum atomic E-state index is -0.429. The van der Waals surface area contributed by atoms with Crippen LogP contribution in [0.2, 0.25) is 0 Å². The standard InChI is InChI=1S/C13H18N2O2/c1-9(2)13(3)8-12(16)15(17-13)11-6-4-5-10(14)7-11/h4-7,9H,8,14H2,1-3H3. The van der Waals surface area contributed by atoms with Gasteiger partial charge in [-0.25, -0.2) is 0 Å². The highest BCUT2D eigenvalue weighted by Gasteiger charge is 2.44. The van der Waals surface area contributed by atoms with Crippen LogP contribution in [-0.4, -0.2) is 11.5 Å². The molecule has 4 heteroatoms. The summed E-state index contributed by atoms with van der Waals surface area (Å²) in [6.45, 7) is 6.06. The van der Waals surface area contributed by atoms with E-state index in [-0.39, 0.29) is 11.8 Å². The third kappa shape index (κ3) is 2.13. The van der Waals surface area contributed by atoms with E-state index < -0.39 is 5.60 Å². The van der Waals surface area contributed by atoms with Gasteiger partial charge in [0, 0.05) is 5.69 Å². The number of hydrogen-bond acceptors (Lipinski definition) is 3. The predicted molar refractivity (Wildman–Crippen MR) is 67.3 cm³/mol. The van der Waals surface area contributed by atoms with Crippen molar-refractivity contribution in [1.82, 2.24) is 0 Å². The number of hydroxylamine groups is 1. The van der Waals surface area contributed by atoms with Crippen molar-refractivity contribution in [1.29, 1.82) is 0 Å². The van der Waals surface area contributed by atoms with E-state index >= 15 is 0 Å². The van der Waals surface area contributed by atoms with Crippen LogP contribution >= 0.6 is 0 Å². The average molecular weight is 234 g/mol. The van der Waals surface area contributed by atoms with Gasteiger partial charge in [0.25, 0.3) is 5.91 Å². The van der Waals surface area contributed by atoms with Gasteiger partial charge in [0.2, 0.25) is 0 Å². The van der Waals surface area contributed by atoms with E-state index in [9.17, 15) is 4.79 Å². The molecule has 1 atom stereocenters. The fraction of sp³-hybridized carbons (Fsp3) is 0.462. The summed E-state index contributed by atoms with van der Waals surface area (Å²) in [5.41, 5.74) is 6.59. The molecule has 0 bridgehead atoms. The second-order valence-electron chi connectivity index (χ2n) is 5.02. The molecule has 2 N–H and O–H groups in total. The predicted octanol–water partition coefficient (Wildman–Crippen LogP) is 2.35. The molecule has 4 nitrogen and oxygen atoms in total. The summed E-state index contributed by atoms with van der Waals surface area (Å²) in [5, 5.41) is 1.36. The first-order chi connectivity index (χ1) is 7.92. The summed E-state index contributed by atoms with van der Waals surface area (Å²) >= 11 is 0. The molecule has 17 heavy (non-hydrogen) atoms. The van der Waals surface area contributed by atoms with E-state index in [1.807, 2.05) is 19.1 Å². The van der Waals surface area contributed by atoms with Crippen molar-refractivity contribution < 1.29 is 9.63 Å². The van der Waals surface area contributed by atoms with Gasteiger partial charge in [0.05, 0.1) is 12.1 Å². The molecule has 1 heterocycles. The third-order valence-corrected chi connectivity index (χ3v) is 3.35. The van der Waals surface area contributed by atoms with Crippen molar-refractivity contribution in [2.75, 3.05) is 10.8 Å². The number of benzene rings is 1. The van der Waals surface area contributed by atoms with Crippen molar-refractivity contribution >= 4 is 17.3 Å². The fourth-order valence-electron chi connectivity index (χ4n) is 1.82. The van der Waals surface area contributed by atoms with Crippen molar-refractivity contribution in [2.45, 2.75) is 32.8 Å². The number of nitrogens with two attached hydrogens (primary N) is 1. The summed E-state index contributed by atoms with van der Waals surface area (Å²) in [4.78, 5) is 17.8. The van der Waals surface area contributed by atoms with Gasteiger partial charge >= 0.3 is 0 Å². The van der Waals surface area contributed by atoms with Crippen molar-refractivity contribution in [3.63, 3.8) is 0 Å². The third-order valence-electron chi connectivity index (χ3n) is 3.35. The van der Waals surface area contributed by atoms with E-state index in [0.29, 0.717) is 17.8 Å². The van der Waals surface area contributed by atoms with Gasteiger partial charge in [-0.15, -0.1) is 0 Å². The van der Waals surface area contributed by atoms with Crippen molar-refractivity contribution in [3.05, 3.63) is 24.3 Å². The quantitative estimate of drug-likeness (QED) is 0.799. The van der Waals surface area contributed by atoms with Crippen LogP contribution in [0.25, 0.3) is 0 Å². The van der Waals surface area contributed by atoms with Crippen molar-refractivity contribution in [2.24, 2.45) is 5.92 Å². The first-order valence-electron chi connectivity index (χ1n) is 5.80. The molecule has 1 aliphatic heterocycles. The minimum Gasteiger partial charge on any atom is -0.399 e. The van der Waals surface area contributed by atoms with E-state index in [2.05, 4.69) is 13.8 Å². The molecule has 0 aromatic heterocycles. The molecule has 0 saturated carbocycles. The Hall–Kier alpha value is -1.55. The zero-order valence-electron chi connectivity index (χ0n) is 10.4. The van der Waals surface area contributed by atoms with Crippen molar-refractivity contribution in [3.8, 4) is 0 Å². The Kier molecular flexibility index (Phi) is 2.83. The molecular weight excluding hydrogens is 216 g/mol. The van der Waals surface area contributed by atoms with Crippen LogP contribution in [-0.2, 0) is 9.63 Å². The number of nitrogens with zero attached hydrogens (tertiary/aromatic N) is 1. The summed E-state index contributed by atoms with van der Waals surface area (Å²) in [7, 11) is 0. The Balaban J connectivity index is 2.27. The van der Waals surface area contributed by atoms with Gasteiger partial charge in [-0.2, -0.15) is 5.06 Å². The monoisotopic (exact) mass is 234 g/mol. The number of hydrogen-bond donors (Lipinski definition) is 1. The molecule has 1 saturated heterocycles. The van der Waals surface area contributed by atoms with Crippen LogP contribution < -0.4 is 10.8 Å². The Bertz CT molecular complexity index is 445. The lowest BCUT2D eigenvalue weighted by Gasteiger charge is -2.27. The summed E-state index contributed by atoms with van der Waals surface area (Å²) < 4.78 is 0. The zero-order chi connectivity index (χ0) is 12.6. The maximum atomic E-state index is 12.0. The molecule has 1 aromatic carbocycles. The van der Waals surface area contributed by atoms with Crippen LogP contribution in [0.3, 0.4) is 0 Å². The van der Waals surface area contributed by atoms with E-state index in [0.717, 1.165) is 0 Å². The smallest absolute Gasteiger partial charge is 0.253 e. The minimum absolute atomic E-state index is 0.0215. The van der Waals surface area contributed by atoms with E-state index in [1.165, 1.54) is 5.06 Å². The van der Waals surface area contributed by atoms with Crippen LogP contribution in [0.4, 0.5) is 11.4 Å². The topological polar surface area (TPSA) is 55.6 Å². The van der Waals surface area contributed by atoms with E-state index in [1.54, 1.807) is 12.1 Å². The number of carbonyl (C=O) groups is 1. The molecule has 1 aromatic rings. The zero-order valence-corrected chi connectivity index (χ0v) is 10.4. The largest absolute Gasteiger partial charge is 0.399 e. The number of carbonyl (C=O) groups excluding carboxylic acids is 1. The molecule has 0 radical (unpaired) electrons. The normalized spacial score (nSPS) is 24.7. The second-order valence-corrected chi connectivity index (χ2v) is 5.02. The highest BCUT2D eigenvalue weighted by molar-refractivity contribution is 5.94. The van der Waals surface area contributed by atoms with Crippen LogP contribution in [0.1, 0.15) is 27.2 Å². The first-order valence-corrected chi connectivity index (χ1v) is 5.80. The molecule has 1 aliphatic rings. The molecular formula is C13H18N2O2. The average Bonchev–Trinajstić information content (AvgIpc) is 2.56. The van der Waals surface area contributed by atoms with Gasteiger partial charge in [-0.05, 0) is 31.0 Å². The Morgan fingerprint density at radius 1 is 1.47 bits per heavy atom.